The molecule has 1 heterocycles. The van der Waals surface area contributed by atoms with Crippen molar-refractivity contribution >= 4 is 10.9 Å². The zero-order chi connectivity index (χ0) is 23.9. The molecule has 3 aromatic carbocycles. The fraction of sp³-hybridized carbons (Fsp3) is 0.310. The highest BCUT2D eigenvalue weighted by molar-refractivity contribution is 5.79. The molecule has 176 valence electrons. The van der Waals surface area contributed by atoms with Crippen LogP contribution in [0.3, 0.4) is 0 Å². The number of hydrogen-bond donors (Lipinski definition) is 0. The first-order valence-electron chi connectivity index (χ1n) is 11.9. The molecule has 0 fully saturated rings. The van der Waals surface area contributed by atoms with Gasteiger partial charge in [-0.3, -0.25) is 9.36 Å². The summed E-state index contributed by atoms with van der Waals surface area (Å²) in [5, 5.41) is 0.654. The molecule has 0 radical (unpaired) electrons. The highest BCUT2D eigenvalue weighted by atomic mass is 16.5. The van der Waals surface area contributed by atoms with Gasteiger partial charge in [0.15, 0.2) is 0 Å². The van der Waals surface area contributed by atoms with E-state index in [1.165, 1.54) is 11.1 Å². The Balaban J connectivity index is 1.40. The van der Waals surface area contributed by atoms with Crippen LogP contribution in [0.15, 0.2) is 71.5 Å². The van der Waals surface area contributed by atoms with E-state index in [9.17, 15) is 4.79 Å². The first-order chi connectivity index (χ1) is 16.6. The number of aryl methyl sites for hydroxylation is 2. The van der Waals surface area contributed by atoms with Crippen molar-refractivity contribution in [1.29, 1.82) is 0 Å². The van der Waals surface area contributed by atoms with Gasteiger partial charge >= 0.3 is 0 Å². The number of rotatable bonds is 10. The molecule has 5 heteroatoms. The third-order valence-corrected chi connectivity index (χ3v) is 6.07. The predicted molar refractivity (Wildman–Crippen MR) is 138 cm³/mol. The van der Waals surface area contributed by atoms with Crippen LogP contribution in [0, 0.1) is 13.8 Å². The van der Waals surface area contributed by atoms with Gasteiger partial charge in [0.2, 0.25) is 0 Å². The van der Waals surface area contributed by atoms with Crippen LogP contribution >= 0.6 is 0 Å². The van der Waals surface area contributed by atoms with Gasteiger partial charge in [-0.2, -0.15) is 0 Å². The van der Waals surface area contributed by atoms with Crippen molar-refractivity contribution in [3.8, 4) is 22.9 Å². The zero-order valence-corrected chi connectivity index (χ0v) is 20.2. The summed E-state index contributed by atoms with van der Waals surface area (Å²) in [7, 11) is 1.65. The molecule has 0 bridgehead atoms. The van der Waals surface area contributed by atoms with Gasteiger partial charge in [-0.15, -0.1) is 0 Å². The molecule has 0 saturated carbocycles. The van der Waals surface area contributed by atoms with Crippen molar-refractivity contribution in [3.63, 3.8) is 0 Å². The van der Waals surface area contributed by atoms with Gasteiger partial charge in [0.25, 0.3) is 5.56 Å². The second kappa shape index (κ2) is 11.0. The first-order valence-corrected chi connectivity index (χ1v) is 11.9. The SMILES string of the molecule is COc1ccc(-c2nc3ccccc3c(=O)n2CCCCCCOc2ccc(C)cc2C)cc1. The van der Waals surface area contributed by atoms with E-state index in [4.69, 9.17) is 14.5 Å². The normalized spacial score (nSPS) is 11.0. The molecule has 4 rings (SSSR count). The van der Waals surface area contributed by atoms with Crippen LogP contribution in [0.25, 0.3) is 22.3 Å². The van der Waals surface area contributed by atoms with E-state index >= 15 is 0 Å². The summed E-state index contributed by atoms with van der Waals surface area (Å²) in [5.74, 6) is 2.44. The number of benzene rings is 3. The highest BCUT2D eigenvalue weighted by Gasteiger charge is 2.13. The number of nitrogens with zero attached hydrogens (tertiary/aromatic N) is 2. The molecule has 1 aromatic heterocycles. The van der Waals surface area contributed by atoms with Crippen molar-refractivity contribution in [2.45, 2.75) is 46.1 Å². The lowest BCUT2D eigenvalue weighted by molar-refractivity contribution is 0.302. The Kier molecular flexibility index (Phi) is 7.63. The number of unbranched alkanes of at least 4 members (excludes halogenated alkanes) is 3. The maximum Gasteiger partial charge on any atom is 0.261 e. The Hall–Kier alpha value is -3.60. The standard InChI is InChI=1S/C29H32N2O3/c1-21-12-17-27(22(2)20-21)34-19-9-5-4-8-18-31-28(23-13-15-24(33-3)16-14-23)30-26-11-7-6-10-25(26)29(31)32/h6-7,10-17,20H,4-5,8-9,18-19H2,1-3H3. The van der Waals surface area contributed by atoms with E-state index in [-0.39, 0.29) is 5.56 Å². The zero-order valence-electron chi connectivity index (χ0n) is 20.2. The van der Waals surface area contributed by atoms with E-state index in [1.807, 2.05) is 59.2 Å². The second-order valence-corrected chi connectivity index (χ2v) is 8.67. The van der Waals surface area contributed by atoms with Crippen molar-refractivity contribution in [1.82, 2.24) is 9.55 Å². The van der Waals surface area contributed by atoms with Gasteiger partial charge < -0.3 is 9.47 Å². The molecule has 0 N–H and O–H groups in total. The number of methoxy groups -OCH3 is 1. The molecule has 0 atom stereocenters. The Bertz CT molecular complexity index is 1310. The van der Waals surface area contributed by atoms with E-state index in [2.05, 4.69) is 26.0 Å². The van der Waals surface area contributed by atoms with Crippen LogP contribution in [0.2, 0.25) is 0 Å². The van der Waals surface area contributed by atoms with Gasteiger partial charge in [-0.25, -0.2) is 4.98 Å². The van der Waals surface area contributed by atoms with Crippen LogP contribution in [0.1, 0.15) is 36.8 Å². The van der Waals surface area contributed by atoms with Crippen LogP contribution < -0.4 is 15.0 Å². The molecule has 0 spiro atoms. The molecule has 0 unspecified atom stereocenters. The molecular formula is C29H32N2O3. The molecule has 0 aliphatic heterocycles. The summed E-state index contributed by atoms with van der Waals surface area (Å²) in [5.41, 5.74) is 4.06. The summed E-state index contributed by atoms with van der Waals surface area (Å²) in [6, 6.07) is 21.5. The minimum atomic E-state index is 0.00889. The van der Waals surface area contributed by atoms with Crippen molar-refractivity contribution in [3.05, 3.63) is 88.2 Å². The van der Waals surface area contributed by atoms with Crippen LogP contribution in [-0.4, -0.2) is 23.3 Å². The molecule has 0 aliphatic rings. The third-order valence-electron chi connectivity index (χ3n) is 6.07. The molecule has 0 amide bonds. The summed E-state index contributed by atoms with van der Waals surface area (Å²) in [4.78, 5) is 18.1. The molecule has 0 saturated heterocycles. The minimum Gasteiger partial charge on any atom is -0.497 e. The van der Waals surface area contributed by atoms with Gasteiger partial charge in [-0.1, -0.05) is 42.7 Å². The summed E-state index contributed by atoms with van der Waals surface area (Å²) in [6.45, 7) is 5.51. The Morgan fingerprint density at radius 1 is 0.882 bits per heavy atom. The van der Waals surface area contributed by atoms with E-state index in [1.54, 1.807) is 7.11 Å². The van der Waals surface area contributed by atoms with Gasteiger partial charge in [0.1, 0.15) is 17.3 Å². The van der Waals surface area contributed by atoms with Gasteiger partial charge in [0.05, 0.1) is 24.6 Å². The first kappa shape index (κ1) is 23.6. The lowest BCUT2D eigenvalue weighted by atomic mass is 10.1. The maximum atomic E-state index is 13.3. The molecule has 34 heavy (non-hydrogen) atoms. The monoisotopic (exact) mass is 456 g/mol. The van der Waals surface area contributed by atoms with Crippen LogP contribution in [0.4, 0.5) is 0 Å². The quantitative estimate of drug-likeness (QED) is 0.262. The highest BCUT2D eigenvalue weighted by Crippen LogP contribution is 2.23. The summed E-state index contributed by atoms with van der Waals surface area (Å²) in [6.07, 6.45) is 3.98. The maximum absolute atomic E-state index is 13.3. The van der Waals surface area contributed by atoms with Crippen LogP contribution in [-0.2, 0) is 6.54 Å². The lowest BCUT2D eigenvalue weighted by Gasteiger charge is -2.14. The van der Waals surface area contributed by atoms with Crippen molar-refractivity contribution < 1.29 is 9.47 Å². The van der Waals surface area contributed by atoms with Crippen molar-refractivity contribution in [2.75, 3.05) is 13.7 Å². The van der Waals surface area contributed by atoms with Crippen LogP contribution in [0.5, 0.6) is 11.5 Å². The summed E-state index contributed by atoms with van der Waals surface area (Å²) < 4.78 is 13.0. The Morgan fingerprint density at radius 3 is 2.41 bits per heavy atom. The third kappa shape index (κ3) is 5.48. The minimum absolute atomic E-state index is 0.00889. The smallest absolute Gasteiger partial charge is 0.261 e. The fourth-order valence-electron chi connectivity index (χ4n) is 4.20. The van der Waals surface area contributed by atoms with E-state index in [0.717, 1.165) is 48.3 Å². The number of aromatic nitrogens is 2. The number of hydrogen-bond acceptors (Lipinski definition) is 4. The Morgan fingerprint density at radius 2 is 1.65 bits per heavy atom. The molecule has 4 aromatic rings. The summed E-state index contributed by atoms with van der Waals surface area (Å²) >= 11 is 0. The van der Waals surface area contributed by atoms with Gasteiger partial charge in [-0.05, 0) is 74.7 Å². The largest absolute Gasteiger partial charge is 0.497 e. The van der Waals surface area contributed by atoms with E-state index < -0.39 is 0 Å². The number of para-hydroxylation sites is 1. The molecule has 0 aliphatic carbocycles. The second-order valence-electron chi connectivity index (χ2n) is 8.67. The lowest BCUT2D eigenvalue weighted by Crippen LogP contribution is -2.23. The number of ether oxygens (including phenoxy) is 2. The van der Waals surface area contributed by atoms with Gasteiger partial charge in [0, 0.05) is 12.1 Å². The topological polar surface area (TPSA) is 53.3 Å². The number of fused-ring (bicyclic) bond motifs is 1. The molecule has 5 nitrogen and oxygen atoms in total. The predicted octanol–water partition coefficient (Wildman–Crippen LogP) is 6.33. The average molecular weight is 457 g/mol. The Labute approximate surface area is 201 Å². The molecular weight excluding hydrogens is 424 g/mol. The van der Waals surface area contributed by atoms with E-state index in [0.29, 0.717) is 24.4 Å². The van der Waals surface area contributed by atoms with Crippen molar-refractivity contribution in [2.24, 2.45) is 0 Å². The average Bonchev–Trinajstić information content (AvgIpc) is 2.85. The fourth-order valence-corrected chi connectivity index (χ4v) is 4.20.